The second-order valence-electron chi connectivity index (χ2n) is 2.10. The maximum Gasteiger partial charge on any atom is 0.121 e. The van der Waals surface area contributed by atoms with E-state index in [0.717, 1.165) is 6.07 Å². The van der Waals surface area contributed by atoms with Crippen molar-refractivity contribution >= 4 is 39.9 Å². The van der Waals surface area contributed by atoms with Crippen LogP contribution in [0.1, 0.15) is 0 Å². The van der Waals surface area contributed by atoms with Crippen LogP contribution in [0, 0.1) is 11.6 Å². The van der Waals surface area contributed by atoms with Crippen molar-refractivity contribution in [2.45, 2.75) is 0 Å². The first-order valence-electron chi connectivity index (χ1n) is 2.82. The number of rotatable bonds is 0. The molecule has 0 aliphatic carbocycles. The van der Waals surface area contributed by atoms with E-state index in [4.69, 9.17) is 23.5 Å². The molecule has 0 saturated heterocycles. The third-order valence-electron chi connectivity index (χ3n) is 1.29. The van der Waals surface area contributed by atoms with Crippen molar-refractivity contribution in [3.8, 4) is 0 Å². The number of hydrogen-bond donors (Lipinski definition) is 0. The van der Waals surface area contributed by atoms with Gasteiger partial charge >= 0.3 is 0 Å². The summed E-state index contributed by atoms with van der Waals surface area (Å²) in [5.74, 6) is -1.92. The number of benzene rings is 1. The van der Waals surface area contributed by atoms with E-state index >= 15 is 0 Å². The Balaban J connectivity index is -0.000000000484. The molecule has 0 unspecified atom stereocenters. The molecule has 62 heavy (non-hydrogen) atoms. The van der Waals surface area contributed by atoms with E-state index in [1.807, 2.05) is 0 Å². The molecular formula is C6HB3F2Y51. The van der Waals surface area contributed by atoms with Gasteiger partial charge in [-0.1, -0.05) is 17.0 Å². The number of hydrogen-bond acceptors (Lipinski definition) is 0. The summed E-state index contributed by atoms with van der Waals surface area (Å²) in [6.07, 6.45) is 0. The molecule has 0 amide bonds. The molecule has 0 aliphatic heterocycles. The molecule has 57 radical (unpaired) electrons. The van der Waals surface area contributed by atoms with Crippen LogP contribution < -0.4 is 16.4 Å². The van der Waals surface area contributed by atoms with Gasteiger partial charge in [0.2, 0.25) is 0 Å². The van der Waals surface area contributed by atoms with E-state index in [-0.39, 0.29) is 1680 Å². The average molecular weight is 4680 g/mol. The van der Waals surface area contributed by atoms with Crippen LogP contribution in [0.2, 0.25) is 0 Å². The minimum atomic E-state index is -0.961. The molecule has 56 heteroatoms. The summed E-state index contributed by atoms with van der Waals surface area (Å²) >= 11 is 0. The molecule has 0 aromatic heterocycles. The van der Waals surface area contributed by atoms with Crippen LogP contribution in [0.3, 0.4) is 0 Å². The Hall–Kier alpha value is 55.6. The van der Waals surface area contributed by atoms with Gasteiger partial charge in [-0.15, -0.1) is 0 Å². The molecule has 0 saturated carbocycles. The second-order valence-corrected chi connectivity index (χ2v) is 2.10. The van der Waals surface area contributed by atoms with Crippen molar-refractivity contribution in [1.29, 1.82) is 0 Å². The monoisotopic (exact) mass is 4680 g/mol. The molecule has 0 heterocycles. The normalized spacial score (nSPS) is 1.77. The third-order valence-corrected chi connectivity index (χ3v) is 1.29. The molecular weight excluding hydrogens is 4680 g/mol. The SMILES string of the molecule is [B]c1cc([B])c(F)c([B])c1F.[Y].[Y].[Y].[Y].[Y].[Y].[Y].[Y].[Y].[Y].[Y].[Y].[Y].[Y].[Y].[Y].[Y].[Y].[Y].[Y].[Y].[Y].[Y].[Y].[Y].[Y].[Y].[Y].[Y].[Y].[Y].[Y].[Y].[Y].[Y].[Y].[Y].[Y].[Y].[Y].[Y].[Y].[Y].[Y].[Y].[Y].[Y].[Y].[Y].[Y].[Y]. The van der Waals surface area contributed by atoms with E-state index < -0.39 is 17.1 Å². The van der Waals surface area contributed by atoms with Gasteiger partial charge in [0, 0.05) is 1670 Å². The second kappa shape index (κ2) is 304. The Morgan fingerprint density at radius 1 is 0.177 bits per heavy atom. The molecule has 0 N–H and O–H groups in total. The molecule has 0 atom stereocenters. The van der Waals surface area contributed by atoms with Crippen molar-refractivity contribution in [2.24, 2.45) is 0 Å². The Labute approximate surface area is 1670 Å². The van der Waals surface area contributed by atoms with Gasteiger partial charge in [-0.2, -0.15) is 0 Å². The predicted octanol–water partition coefficient (Wildman–Crippen LogP) is -1.78. The maximum absolute atomic E-state index is 12.6. The zero-order valence-electron chi connectivity index (χ0n) is 35.0. The smallest absolute Gasteiger partial charge is 0.121 e. The van der Waals surface area contributed by atoms with Gasteiger partial charge in [-0.05, 0) is 5.46 Å². The van der Waals surface area contributed by atoms with Crippen molar-refractivity contribution in [1.82, 2.24) is 0 Å². The summed E-state index contributed by atoms with van der Waals surface area (Å²) in [7, 11) is 15.2. The molecule has 1 aromatic rings. The minimum absolute atomic E-state index is 0. The minimum Gasteiger partial charge on any atom is -0.208 e. The molecule has 0 fully saturated rings. The first-order valence-corrected chi connectivity index (χ1v) is 2.82. The van der Waals surface area contributed by atoms with Gasteiger partial charge in [0.1, 0.15) is 35.2 Å². The van der Waals surface area contributed by atoms with Gasteiger partial charge in [0.05, 0.1) is 0 Å². The standard InChI is InChI=1S/C6HB3F2.51Y/c7-2-1-3(8)6(11)4(9)5(2)10;;;;;;;;;;;;;;;;;;;;;;;;;;;;;;;;;;;;;;;;;;;;;;;;;;;/h1H;;;;;;;;;;;;;;;;;;;;;;;;;;;;;;;;;;;;;;;;;;;;;;;;;;;. The van der Waals surface area contributed by atoms with Crippen LogP contribution in [-0.2, 0) is 1670 Å². The Morgan fingerprint density at radius 3 is 0.306 bits per heavy atom. The molecule has 0 aliphatic rings. The van der Waals surface area contributed by atoms with Crippen LogP contribution in [0.25, 0.3) is 0 Å². The molecule has 1 aromatic carbocycles. The van der Waals surface area contributed by atoms with Crippen molar-refractivity contribution in [3.05, 3.63) is 17.7 Å². The quantitative estimate of drug-likeness (QED) is 0.270. The van der Waals surface area contributed by atoms with Crippen molar-refractivity contribution in [3.63, 3.8) is 0 Å². The summed E-state index contributed by atoms with van der Waals surface area (Å²) in [6.45, 7) is 0. The van der Waals surface area contributed by atoms with E-state index in [1.54, 1.807) is 0 Å². The van der Waals surface area contributed by atoms with Crippen molar-refractivity contribution < 1.29 is 1680 Å². The summed E-state index contributed by atoms with van der Waals surface area (Å²) in [6, 6.07) is 0.987. The van der Waals surface area contributed by atoms with Gasteiger partial charge in [-0.3, -0.25) is 0 Å². The molecule has 0 bridgehead atoms. The first-order chi connectivity index (χ1) is 5.04. The van der Waals surface area contributed by atoms with Crippen LogP contribution in [0.4, 0.5) is 8.78 Å². The summed E-state index contributed by atoms with van der Waals surface area (Å²) in [5, 5.41) is 0. The average Bonchev–Trinajstić information content (AvgIpc) is 1.97. The Kier molecular flexibility index (Phi) is 1770. The van der Waals surface area contributed by atoms with E-state index in [1.165, 1.54) is 0 Å². The van der Waals surface area contributed by atoms with Gasteiger partial charge in [0.25, 0.3) is 0 Å². The third kappa shape index (κ3) is 266. The molecule has 1 rings (SSSR count). The first kappa shape index (κ1) is 361. The van der Waals surface area contributed by atoms with Crippen LogP contribution in [0.15, 0.2) is 6.07 Å². The van der Waals surface area contributed by atoms with Gasteiger partial charge in [0.15, 0.2) is 0 Å². The fraction of sp³-hybridized carbons (Fsp3) is 0. The summed E-state index contributed by atoms with van der Waals surface area (Å²) in [4.78, 5) is 0. The zero-order chi connectivity index (χ0) is 8.59. The number of halogens is 2. The molecule has 201 valence electrons. The van der Waals surface area contributed by atoms with E-state index in [2.05, 4.69) is 0 Å². The largest absolute Gasteiger partial charge is 0.208 e. The molecule has 0 nitrogen and oxygen atoms in total. The topological polar surface area (TPSA) is 0 Å². The van der Waals surface area contributed by atoms with Gasteiger partial charge in [-0.25, -0.2) is 8.78 Å². The maximum atomic E-state index is 12.6. The zero-order valence-corrected chi connectivity index (χ0v) is 180. The van der Waals surface area contributed by atoms with Crippen molar-refractivity contribution in [2.75, 3.05) is 0 Å². The van der Waals surface area contributed by atoms with Gasteiger partial charge < -0.3 is 0 Å². The summed E-state index contributed by atoms with van der Waals surface area (Å²) in [5.41, 5.74) is -1.13. The fourth-order valence-electron chi connectivity index (χ4n) is 0.702. The Bertz CT molecular complexity index is 314. The van der Waals surface area contributed by atoms with Crippen LogP contribution in [0.5, 0.6) is 0 Å². The van der Waals surface area contributed by atoms with Crippen LogP contribution >= 0.6 is 0 Å². The van der Waals surface area contributed by atoms with E-state index in [9.17, 15) is 8.78 Å². The van der Waals surface area contributed by atoms with E-state index in [0.29, 0.717) is 0 Å². The fourth-order valence-corrected chi connectivity index (χ4v) is 0.702. The molecule has 0 spiro atoms. The summed E-state index contributed by atoms with van der Waals surface area (Å²) < 4.78 is 25.3. The Morgan fingerprint density at radius 2 is 0.242 bits per heavy atom. The predicted molar refractivity (Wildman–Crippen MR) is 42.5 cm³/mol. The van der Waals surface area contributed by atoms with Crippen LogP contribution in [-0.4, -0.2) is 23.5 Å².